The molecule has 1 aliphatic heterocycles. The zero-order chi connectivity index (χ0) is 21.4. The van der Waals surface area contributed by atoms with Crippen molar-refractivity contribution in [1.29, 1.82) is 0 Å². The zero-order valence-corrected chi connectivity index (χ0v) is 17.3. The molecular formula is C20H23F2N3O3S. The van der Waals surface area contributed by atoms with Gasteiger partial charge < -0.3 is 5.32 Å². The largest absolute Gasteiger partial charge is 0.307 e. The molecule has 1 aromatic carbocycles. The Labute approximate surface area is 168 Å². The van der Waals surface area contributed by atoms with Gasteiger partial charge in [-0.15, -0.1) is 0 Å². The van der Waals surface area contributed by atoms with E-state index in [1.165, 1.54) is 10.7 Å². The Morgan fingerprint density at radius 3 is 2.48 bits per heavy atom. The number of hydrogen-bond donors (Lipinski definition) is 1. The second-order valence-corrected chi connectivity index (χ2v) is 10.4. The van der Waals surface area contributed by atoms with E-state index >= 15 is 0 Å². The molecule has 6 nitrogen and oxygen atoms in total. The van der Waals surface area contributed by atoms with Crippen molar-refractivity contribution in [3.05, 3.63) is 53.2 Å². The van der Waals surface area contributed by atoms with Crippen LogP contribution in [0.25, 0.3) is 6.08 Å². The zero-order valence-electron chi connectivity index (χ0n) is 16.4. The van der Waals surface area contributed by atoms with E-state index in [0.717, 1.165) is 24.3 Å². The number of benzene rings is 1. The average molecular weight is 423 g/mol. The predicted octanol–water partition coefficient (Wildman–Crippen LogP) is 3.47. The summed E-state index contributed by atoms with van der Waals surface area (Å²) in [5.74, 6) is -1.77. The van der Waals surface area contributed by atoms with Crippen LogP contribution in [-0.2, 0) is 20.0 Å². The van der Waals surface area contributed by atoms with Gasteiger partial charge in [0.05, 0.1) is 23.2 Å². The topological polar surface area (TPSA) is 81.1 Å². The van der Waals surface area contributed by atoms with Crippen LogP contribution in [0.5, 0.6) is 0 Å². The minimum Gasteiger partial charge on any atom is -0.307 e. The normalized spacial score (nSPS) is 19.0. The summed E-state index contributed by atoms with van der Waals surface area (Å²) in [7, 11) is -3.14. The van der Waals surface area contributed by atoms with Gasteiger partial charge >= 0.3 is 0 Å². The molecule has 0 saturated carbocycles. The second kappa shape index (κ2) is 7.70. The predicted molar refractivity (Wildman–Crippen MR) is 107 cm³/mol. The number of nitrogens with one attached hydrogen (secondary N) is 1. The molecule has 29 heavy (non-hydrogen) atoms. The molecule has 1 aromatic heterocycles. The summed E-state index contributed by atoms with van der Waals surface area (Å²) in [6.07, 6.45) is 2.50. The number of sulfone groups is 1. The van der Waals surface area contributed by atoms with Crippen LogP contribution in [0.3, 0.4) is 0 Å². The molecule has 0 radical (unpaired) electrons. The maximum absolute atomic E-state index is 13.7. The van der Waals surface area contributed by atoms with Crippen LogP contribution >= 0.6 is 0 Å². The number of nitrogens with zero attached hydrogens (tertiary/aromatic N) is 2. The van der Waals surface area contributed by atoms with E-state index in [1.807, 2.05) is 20.8 Å². The molecule has 1 unspecified atom stereocenters. The maximum Gasteiger partial charge on any atom is 0.249 e. The second-order valence-electron chi connectivity index (χ2n) is 8.12. The van der Waals surface area contributed by atoms with Gasteiger partial charge in [0.15, 0.2) is 9.84 Å². The highest BCUT2D eigenvalue weighted by Crippen LogP contribution is 2.30. The molecule has 9 heteroatoms. The highest BCUT2D eigenvalue weighted by molar-refractivity contribution is 7.91. The summed E-state index contributed by atoms with van der Waals surface area (Å²) < 4.78 is 52.7. The number of amides is 1. The molecule has 0 spiro atoms. The lowest BCUT2D eigenvalue weighted by Crippen LogP contribution is -2.19. The third-order valence-electron chi connectivity index (χ3n) is 4.71. The van der Waals surface area contributed by atoms with Crippen LogP contribution in [0.2, 0.25) is 0 Å². The molecule has 156 valence electrons. The van der Waals surface area contributed by atoms with Gasteiger partial charge in [0.2, 0.25) is 5.91 Å². The Morgan fingerprint density at radius 2 is 1.93 bits per heavy atom. The van der Waals surface area contributed by atoms with Crippen molar-refractivity contribution in [2.75, 3.05) is 16.8 Å². The Kier molecular flexibility index (Phi) is 5.62. The first kappa shape index (κ1) is 21.2. The van der Waals surface area contributed by atoms with Crippen molar-refractivity contribution >= 4 is 27.6 Å². The van der Waals surface area contributed by atoms with E-state index in [0.29, 0.717) is 17.9 Å². The number of carbonyl (C=O) groups is 1. The van der Waals surface area contributed by atoms with Gasteiger partial charge in [-0.1, -0.05) is 26.8 Å². The number of anilines is 1. The number of carbonyl (C=O) groups excluding carboxylic acids is 1. The van der Waals surface area contributed by atoms with Crippen molar-refractivity contribution < 1.29 is 22.0 Å². The first-order chi connectivity index (χ1) is 13.5. The quantitative estimate of drug-likeness (QED) is 0.764. The minimum atomic E-state index is -3.14. The van der Waals surface area contributed by atoms with E-state index in [1.54, 1.807) is 6.07 Å². The molecule has 2 heterocycles. The molecular weight excluding hydrogens is 400 g/mol. The summed E-state index contributed by atoms with van der Waals surface area (Å²) in [5.41, 5.74) is 0.0728. The molecule has 1 amide bonds. The summed E-state index contributed by atoms with van der Waals surface area (Å²) in [6, 6.07) is 4.77. The molecule has 1 atom stereocenters. The lowest BCUT2D eigenvalue weighted by atomic mass is 9.92. The van der Waals surface area contributed by atoms with Crippen LogP contribution in [0.4, 0.5) is 14.6 Å². The minimum absolute atomic E-state index is 0.0442. The third kappa shape index (κ3) is 4.90. The van der Waals surface area contributed by atoms with Crippen LogP contribution < -0.4 is 5.32 Å². The van der Waals surface area contributed by atoms with Crippen molar-refractivity contribution in [2.24, 2.45) is 0 Å². The lowest BCUT2D eigenvalue weighted by molar-refractivity contribution is -0.111. The monoisotopic (exact) mass is 423 g/mol. The van der Waals surface area contributed by atoms with Crippen LogP contribution in [0.15, 0.2) is 30.3 Å². The maximum atomic E-state index is 13.7. The summed E-state index contributed by atoms with van der Waals surface area (Å²) >= 11 is 0. The van der Waals surface area contributed by atoms with E-state index < -0.39 is 27.4 Å². The van der Waals surface area contributed by atoms with E-state index in [9.17, 15) is 22.0 Å². The Bertz CT molecular complexity index is 1050. The summed E-state index contributed by atoms with van der Waals surface area (Å²) in [5, 5.41) is 7.17. The fraction of sp³-hybridized carbons (Fsp3) is 0.400. The average Bonchev–Trinajstić information content (AvgIpc) is 3.17. The van der Waals surface area contributed by atoms with E-state index in [4.69, 9.17) is 0 Å². The number of halogens is 2. The highest BCUT2D eigenvalue weighted by Gasteiger charge is 2.32. The van der Waals surface area contributed by atoms with Gasteiger partial charge in [-0.25, -0.2) is 21.9 Å². The first-order valence-corrected chi connectivity index (χ1v) is 11.0. The van der Waals surface area contributed by atoms with Crippen LogP contribution in [-0.4, -0.2) is 35.6 Å². The summed E-state index contributed by atoms with van der Waals surface area (Å²) in [4.78, 5) is 12.4. The third-order valence-corrected chi connectivity index (χ3v) is 6.46. The molecule has 1 N–H and O–H groups in total. The highest BCUT2D eigenvalue weighted by atomic mass is 32.2. The van der Waals surface area contributed by atoms with Crippen molar-refractivity contribution in [1.82, 2.24) is 9.78 Å². The lowest BCUT2D eigenvalue weighted by Gasteiger charge is -2.15. The number of hydrogen-bond acceptors (Lipinski definition) is 4. The Morgan fingerprint density at radius 1 is 1.28 bits per heavy atom. The van der Waals surface area contributed by atoms with Gasteiger partial charge in [-0.2, -0.15) is 5.10 Å². The standard InChI is InChI=1S/C20H23F2N3O3S/c1-20(2,3)17-11-18(25(24-17)13-9-10-29(27,28)12-13)23-19(26)8-7-14-15(21)5-4-6-16(14)22/h4-8,11,13H,9-10,12H2,1-3H3,(H,23,26)/b8-7+. The Hall–Kier alpha value is -2.55. The molecule has 2 aromatic rings. The molecule has 3 rings (SSSR count). The summed E-state index contributed by atoms with van der Waals surface area (Å²) in [6.45, 7) is 5.87. The van der Waals surface area contributed by atoms with Gasteiger partial charge in [0.1, 0.15) is 17.5 Å². The van der Waals surface area contributed by atoms with Gasteiger partial charge in [0.25, 0.3) is 0 Å². The van der Waals surface area contributed by atoms with Crippen molar-refractivity contribution in [3.8, 4) is 0 Å². The van der Waals surface area contributed by atoms with Crippen LogP contribution in [0, 0.1) is 11.6 Å². The van der Waals surface area contributed by atoms with E-state index in [-0.39, 0.29) is 28.5 Å². The molecule has 0 aliphatic carbocycles. The first-order valence-electron chi connectivity index (χ1n) is 9.20. The molecule has 1 fully saturated rings. The fourth-order valence-corrected chi connectivity index (χ4v) is 4.79. The van der Waals surface area contributed by atoms with Crippen molar-refractivity contribution in [2.45, 2.75) is 38.6 Å². The van der Waals surface area contributed by atoms with Crippen molar-refractivity contribution in [3.63, 3.8) is 0 Å². The fourth-order valence-electron chi connectivity index (χ4n) is 3.10. The van der Waals surface area contributed by atoms with Crippen LogP contribution in [0.1, 0.15) is 44.5 Å². The molecule has 1 saturated heterocycles. The van der Waals surface area contributed by atoms with E-state index in [2.05, 4.69) is 10.4 Å². The SMILES string of the molecule is CC(C)(C)c1cc(NC(=O)/C=C/c2c(F)cccc2F)n(C2CCS(=O)(=O)C2)n1. The Balaban J connectivity index is 1.86. The number of rotatable bonds is 4. The van der Waals surface area contributed by atoms with Gasteiger partial charge in [-0.05, 0) is 24.6 Å². The molecule has 0 bridgehead atoms. The number of aromatic nitrogens is 2. The van der Waals surface area contributed by atoms with Gasteiger partial charge in [0, 0.05) is 23.1 Å². The smallest absolute Gasteiger partial charge is 0.249 e. The molecule has 1 aliphatic rings. The van der Waals surface area contributed by atoms with Gasteiger partial charge in [-0.3, -0.25) is 4.79 Å².